The topological polar surface area (TPSA) is 9.86 Å². The average Bonchev–Trinajstić information content (AvgIpc) is 3.89. The van der Waals surface area contributed by atoms with Gasteiger partial charge in [-0.2, -0.15) is 0 Å². The molecule has 0 fully saturated rings. The van der Waals surface area contributed by atoms with Crippen molar-refractivity contribution in [1.29, 1.82) is 0 Å². The second-order valence-electron chi connectivity index (χ2n) is 14.6. The number of fused-ring (bicyclic) bond motifs is 10. The molecule has 3 heteroatoms. The highest BCUT2D eigenvalue weighted by atomic mass is 32.1. The van der Waals surface area contributed by atoms with Gasteiger partial charge in [-0.3, -0.25) is 0 Å². The zero-order valence-electron chi connectivity index (χ0n) is 29.8. The molecular formula is C52H32N2S. The molecule has 55 heavy (non-hydrogen) atoms. The fourth-order valence-corrected chi connectivity index (χ4v) is 10.0. The Morgan fingerprint density at radius 3 is 1.45 bits per heavy atom. The Labute approximate surface area is 321 Å². The summed E-state index contributed by atoms with van der Waals surface area (Å²) in [6, 6.07) is 71.6. The number of rotatable bonds is 4. The Morgan fingerprint density at radius 2 is 0.782 bits per heavy atom. The van der Waals surface area contributed by atoms with E-state index in [1.165, 1.54) is 108 Å². The Balaban J connectivity index is 1.09. The summed E-state index contributed by atoms with van der Waals surface area (Å²) in [5.41, 5.74) is 12.1. The number of hydrogen-bond acceptors (Lipinski definition) is 1. The van der Waals surface area contributed by atoms with Gasteiger partial charge in [0.2, 0.25) is 0 Å². The summed E-state index contributed by atoms with van der Waals surface area (Å²) >= 11 is 1.87. The summed E-state index contributed by atoms with van der Waals surface area (Å²) in [6.45, 7) is 0. The van der Waals surface area contributed by atoms with Gasteiger partial charge in [-0.15, -0.1) is 11.3 Å². The third kappa shape index (κ3) is 4.67. The van der Waals surface area contributed by atoms with Crippen molar-refractivity contribution < 1.29 is 0 Å². The van der Waals surface area contributed by atoms with Crippen molar-refractivity contribution in [2.24, 2.45) is 0 Å². The van der Waals surface area contributed by atoms with Crippen LogP contribution < -0.4 is 0 Å². The van der Waals surface area contributed by atoms with Gasteiger partial charge in [0, 0.05) is 53.1 Å². The van der Waals surface area contributed by atoms with Crippen LogP contribution in [-0.4, -0.2) is 9.13 Å². The molecule has 0 aliphatic rings. The predicted molar refractivity (Wildman–Crippen MR) is 236 cm³/mol. The third-order valence-corrected chi connectivity index (χ3v) is 12.6. The van der Waals surface area contributed by atoms with Crippen molar-refractivity contribution in [3.05, 3.63) is 194 Å². The predicted octanol–water partition coefficient (Wildman–Crippen LogP) is 14.7. The minimum Gasteiger partial charge on any atom is -0.309 e. The van der Waals surface area contributed by atoms with Gasteiger partial charge in [0.05, 0.1) is 22.1 Å². The number of thiophene rings is 1. The van der Waals surface area contributed by atoms with Gasteiger partial charge in [0.25, 0.3) is 0 Å². The molecule has 0 aliphatic carbocycles. The Bertz CT molecular complexity index is 3470. The highest BCUT2D eigenvalue weighted by Crippen LogP contribution is 2.42. The van der Waals surface area contributed by atoms with Gasteiger partial charge in [-0.25, -0.2) is 0 Å². The Kier molecular flexibility index (Phi) is 6.54. The molecule has 3 heterocycles. The summed E-state index contributed by atoms with van der Waals surface area (Å²) in [7, 11) is 0. The van der Waals surface area contributed by atoms with Crippen LogP contribution in [0, 0.1) is 0 Å². The van der Waals surface area contributed by atoms with Gasteiger partial charge < -0.3 is 9.13 Å². The van der Waals surface area contributed by atoms with E-state index in [2.05, 4.69) is 203 Å². The zero-order valence-corrected chi connectivity index (χ0v) is 30.6. The van der Waals surface area contributed by atoms with E-state index in [-0.39, 0.29) is 0 Å². The van der Waals surface area contributed by atoms with Crippen LogP contribution in [0.2, 0.25) is 0 Å². The molecule has 12 rings (SSSR count). The fourth-order valence-electron chi connectivity index (χ4n) is 8.89. The molecule has 0 amide bonds. The van der Waals surface area contributed by atoms with Gasteiger partial charge in [0.15, 0.2) is 0 Å². The van der Waals surface area contributed by atoms with Crippen molar-refractivity contribution in [3.8, 4) is 33.6 Å². The molecular weight excluding hydrogens is 685 g/mol. The SMILES string of the molecule is c1ccc(-c2ccc3c(c2)c2cc(-c4ccc5c(c4)c4cc6ccccc6cc4n5-c4ccccc4)ccc2n3-c2ccc3c(c2)sc2ccccc23)cc1. The lowest BCUT2D eigenvalue weighted by atomic mass is 9.99. The molecule has 256 valence electrons. The van der Waals surface area contributed by atoms with Gasteiger partial charge in [-0.05, 0) is 112 Å². The maximum atomic E-state index is 2.45. The molecule has 0 atom stereocenters. The van der Waals surface area contributed by atoms with Crippen LogP contribution >= 0.6 is 11.3 Å². The summed E-state index contributed by atoms with van der Waals surface area (Å²) in [5.74, 6) is 0. The standard InChI is InChI=1S/C52H32N2S/c1-3-11-33(12-4-1)36-19-24-48-43(28-36)44-29-37(21-26-49(44)54(48)40-22-23-42-41-17-9-10-18-51(41)55-52(42)32-40)38-20-25-47-45(30-38)46-27-34-13-7-8-14-35(34)31-50(46)53(47)39-15-5-2-6-16-39/h1-32H. The van der Waals surface area contributed by atoms with Crippen molar-refractivity contribution in [3.63, 3.8) is 0 Å². The molecule has 3 aromatic heterocycles. The van der Waals surface area contributed by atoms with Gasteiger partial charge in [-0.1, -0.05) is 115 Å². The minimum atomic E-state index is 1.17. The lowest BCUT2D eigenvalue weighted by molar-refractivity contribution is 1.18. The molecule has 0 unspecified atom stereocenters. The third-order valence-electron chi connectivity index (χ3n) is 11.5. The Morgan fingerprint density at radius 1 is 0.273 bits per heavy atom. The largest absolute Gasteiger partial charge is 0.309 e. The summed E-state index contributed by atoms with van der Waals surface area (Å²) in [4.78, 5) is 0. The van der Waals surface area contributed by atoms with E-state index < -0.39 is 0 Å². The molecule has 0 bridgehead atoms. The number of hydrogen-bond donors (Lipinski definition) is 0. The van der Waals surface area contributed by atoms with Crippen LogP contribution in [0.1, 0.15) is 0 Å². The van der Waals surface area contributed by atoms with E-state index in [9.17, 15) is 0 Å². The van der Waals surface area contributed by atoms with Crippen molar-refractivity contribution >= 4 is 85.9 Å². The van der Waals surface area contributed by atoms with Crippen molar-refractivity contribution in [2.45, 2.75) is 0 Å². The highest BCUT2D eigenvalue weighted by molar-refractivity contribution is 7.25. The second kappa shape index (κ2) is 11.8. The highest BCUT2D eigenvalue weighted by Gasteiger charge is 2.18. The van der Waals surface area contributed by atoms with E-state index in [0.717, 1.165) is 0 Å². The number of para-hydroxylation sites is 1. The normalized spacial score (nSPS) is 12.0. The second-order valence-corrected chi connectivity index (χ2v) is 15.6. The number of nitrogens with zero attached hydrogens (tertiary/aromatic N) is 2. The molecule has 0 saturated heterocycles. The van der Waals surface area contributed by atoms with Crippen LogP contribution in [0.4, 0.5) is 0 Å². The van der Waals surface area contributed by atoms with Crippen LogP contribution in [0.25, 0.3) is 108 Å². The zero-order chi connectivity index (χ0) is 36.0. The molecule has 0 aliphatic heterocycles. The van der Waals surface area contributed by atoms with Crippen LogP contribution in [-0.2, 0) is 0 Å². The quantitative estimate of drug-likeness (QED) is 0.172. The van der Waals surface area contributed by atoms with E-state index in [4.69, 9.17) is 0 Å². The van der Waals surface area contributed by atoms with E-state index in [0.29, 0.717) is 0 Å². The molecule has 9 aromatic carbocycles. The van der Waals surface area contributed by atoms with E-state index >= 15 is 0 Å². The maximum absolute atomic E-state index is 2.45. The minimum absolute atomic E-state index is 1.17. The first-order valence-electron chi connectivity index (χ1n) is 18.8. The molecule has 12 aromatic rings. The van der Waals surface area contributed by atoms with Crippen LogP contribution in [0.5, 0.6) is 0 Å². The lowest BCUT2D eigenvalue weighted by Crippen LogP contribution is -1.93. The lowest BCUT2D eigenvalue weighted by Gasteiger charge is -2.10. The fraction of sp³-hybridized carbons (Fsp3) is 0. The molecule has 0 N–H and O–H groups in total. The monoisotopic (exact) mass is 716 g/mol. The molecule has 2 nitrogen and oxygen atoms in total. The molecule has 0 spiro atoms. The van der Waals surface area contributed by atoms with Gasteiger partial charge >= 0.3 is 0 Å². The number of benzene rings is 9. The smallest absolute Gasteiger partial charge is 0.0547 e. The van der Waals surface area contributed by atoms with E-state index in [1.54, 1.807) is 0 Å². The molecule has 0 radical (unpaired) electrons. The van der Waals surface area contributed by atoms with E-state index in [1.807, 2.05) is 11.3 Å². The Hall–Kier alpha value is -6.94. The first-order valence-corrected chi connectivity index (χ1v) is 19.6. The summed E-state index contributed by atoms with van der Waals surface area (Å²) < 4.78 is 7.50. The van der Waals surface area contributed by atoms with Crippen LogP contribution in [0.3, 0.4) is 0 Å². The molecule has 0 saturated carbocycles. The first-order chi connectivity index (χ1) is 27.2. The van der Waals surface area contributed by atoms with Crippen molar-refractivity contribution in [2.75, 3.05) is 0 Å². The summed E-state index contributed by atoms with van der Waals surface area (Å²) in [5, 5.41) is 10.2. The van der Waals surface area contributed by atoms with Crippen molar-refractivity contribution in [1.82, 2.24) is 9.13 Å². The average molecular weight is 717 g/mol. The van der Waals surface area contributed by atoms with Crippen LogP contribution in [0.15, 0.2) is 194 Å². The summed E-state index contributed by atoms with van der Waals surface area (Å²) in [6.07, 6.45) is 0. The first kappa shape index (κ1) is 30.5. The van der Waals surface area contributed by atoms with Gasteiger partial charge in [0.1, 0.15) is 0 Å². The maximum Gasteiger partial charge on any atom is 0.0547 e. The number of aromatic nitrogens is 2.